The molecule has 0 saturated heterocycles. The Morgan fingerprint density at radius 2 is 1.13 bits per heavy atom. The quantitative estimate of drug-likeness (QED) is 0.0414. The number of carbonyl (C=O) groups excluding carboxylic acids is 5. The second kappa shape index (κ2) is 17.1. The van der Waals surface area contributed by atoms with E-state index in [1.54, 1.807) is 0 Å². The van der Waals surface area contributed by atoms with E-state index in [1.807, 2.05) is 0 Å². The van der Waals surface area contributed by atoms with Crippen molar-refractivity contribution in [2.24, 2.45) is 33.7 Å². The summed E-state index contributed by atoms with van der Waals surface area (Å²) in [5.41, 5.74) is 26.2. The number of carboxylic acid groups (broad SMARTS) is 2. The van der Waals surface area contributed by atoms with Gasteiger partial charge in [-0.3, -0.25) is 33.8 Å². The first-order valence-electron chi connectivity index (χ1n) is 11.4. The molecule has 0 aliphatic heterocycles. The number of amides is 5. The summed E-state index contributed by atoms with van der Waals surface area (Å²) in [5, 5.41) is 24.9. The van der Waals surface area contributed by atoms with Gasteiger partial charge in [0.2, 0.25) is 29.5 Å². The SMILES string of the molecule is NC(=O)CCC(NC(=O)C(CCC(N)=O)NC(=O)C(CCCN=C(N)N)NC(=O)C(N)CC(=O)O)C(=O)O. The van der Waals surface area contributed by atoms with E-state index in [4.69, 9.17) is 33.8 Å². The molecule has 4 unspecified atom stereocenters. The monoisotopic (exact) mass is 545 g/mol. The maximum absolute atomic E-state index is 13.0. The lowest BCUT2D eigenvalue weighted by atomic mass is 10.1. The summed E-state index contributed by atoms with van der Waals surface area (Å²) < 4.78 is 0. The van der Waals surface area contributed by atoms with E-state index in [-0.39, 0.29) is 51.0 Å². The van der Waals surface area contributed by atoms with Crippen molar-refractivity contribution in [2.75, 3.05) is 6.54 Å². The summed E-state index contributed by atoms with van der Waals surface area (Å²) in [5.74, 6) is -7.57. The van der Waals surface area contributed by atoms with Crippen LogP contribution in [-0.2, 0) is 33.6 Å². The maximum Gasteiger partial charge on any atom is 0.326 e. The van der Waals surface area contributed by atoms with Gasteiger partial charge < -0.3 is 54.8 Å². The maximum atomic E-state index is 13.0. The van der Waals surface area contributed by atoms with Crippen LogP contribution < -0.4 is 44.6 Å². The Hall–Kier alpha value is -4.48. The fourth-order valence-electron chi connectivity index (χ4n) is 2.98. The van der Waals surface area contributed by atoms with E-state index in [0.717, 1.165) is 0 Å². The molecular formula is C20H35N9O9. The summed E-state index contributed by atoms with van der Waals surface area (Å²) in [6, 6.07) is -5.84. The first kappa shape index (κ1) is 33.5. The molecule has 0 fully saturated rings. The fraction of sp³-hybridized carbons (Fsp3) is 0.600. The van der Waals surface area contributed by atoms with Crippen molar-refractivity contribution in [3.05, 3.63) is 0 Å². The molecule has 0 rings (SSSR count). The average Bonchev–Trinajstić information content (AvgIpc) is 2.79. The van der Waals surface area contributed by atoms with Gasteiger partial charge in [-0.1, -0.05) is 0 Å². The number of nitrogens with one attached hydrogen (secondary N) is 3. The van der Waals surface area contributed by atoms with Crippen molar-refractivity contribution in [1.82, 2.24) is 16.0 Å². The van der Waals surface area contributed by atoms with Crippen LogP contribution in [0.15, 0.2) is 4.99 Å². The molecule has 0 spiro atoms. The molecule has 18 nitrogen and oxygen atoms in total. The number of nitrogens with two attached hydrogens (primary N) is 5. The molecule has 0 heterocycles. The number of guanidine groups is 1. The Kier molecular flexibility index (Phi) is 15.0. The van der Waals surface area contributed by atoms with Crippen LogP contribution in [0, 0.1) is 0 Å². The third kappa shape index (κ3) is 14.8. The predicted octanol–water partition coefficient (Wildman–Crippen LogP) is -5.09. The van der Waals surface area contributed by atoms with Gasteiger partial charge in [-0.2, -0.15) is 0 Å². The summed E-state index contributed by atoms with van der Waals surface area (Å²) in [6.45, 7) is 0.0644. The van der Waals surface area contributed by atoms with Gasteiger partial charge in [-0.15, -0.1) is 0 Å². The minimum atomic E-state index is -1.54. The lowest BCUT2D eigenvalue weighted by Crippen LogP contribution is -2.57. The minimum Gasteiger partial charge on any atom is -0.481 e. The minimum absolute atomic E-state index is 0.0644. The zero-order valence-electron chi connectivity index (χ0n) is 20.6. The van der Waals surface area contributed by atoms with E-state index in [9.17, 15) is 38.7 Å². The number of hydrogen-bond donors (Lipinski definition) is 10. The Morgan fingerprint density at radius 1 is 0.684 bits per heavy atom. The van der Waals surface area contributed by atoms with Crippen LogP contribution in [0.3, 0.4) is 0 Å². The smallest absolute Gasteiger partial charge is 0.326 e. The second-order valence-electron chi connectivity index (χ2n) is 8.18. The first-order chi connectivity index (χ1) is 17.6. The first-order valence-corrected chi connectivity index (χ1v) is 11.4. The summed E-state index contributed by atoms with van der Waals surface area (Å²) in [7, 11) is 0. The number of aliphatic carboxylic acids is 2. The Bertz CT molecular complexity index is 922. The van der Waals surface area contributed by atoms with Crippen LogP contribution in [0.25, 0.3) is 0 Å². The Labute approximate surface area is 217 Å². The molecule has 0 aliphatic carbocycles. The van der Waals surface area contributed by atoms with Crippen LogP contribution in [0.1, 0.15) is 44.9 Å². The van der Waals surface area contributed by atoms with Crippen molar-refractivity contribution < 1.29 is 43.8 Å². The highest BCUT2D eigenvalue weighted by Crippen LogP contribution is 2.06. The van der Waals surface area contributed by atoms with Gasteiger partial charge in [0, 0.05) is 19.4 Å². The highest BCUT2D eigenvalue weighted by atomic mass is 16.4. The molecule has 0 aromatic rings. The zero-order chi connectivity index (χ0) is 29.4. The van der Waals surface area contributed by atoms with Crippen LogP contribution in [0.4, 0.5) is 0 Å². The topological polar surface area (TPSA) is 339 Å². The molecule has 0 aromatic heterocycles. The number of carbonyl (C=O) groups is 7. The van der Waals surface area contributed by atoms with E-state index in [2.05, 4.69) is 20.9 Å². The molecule has 15 N–H and O–H groups in total. The van der Waals surface area contributed by atoms with Crippen molar-refractivity contribution in [3.8, 4) is 0 Å². The molecular weight excluding hydrogens is 510 g/mol. The van der Waals surface area contributed by atoms with Crippen molar-refractivity contribution in [3.63, 3.8) is 0 Å². The highest BCUT2D eigenvalue weighted by molar-refractivity contribution is 5.95. The van der Waals surface area contributed by atoms with Gasteiger partial charge in [-0.05, 0) is 25.7 Å². The van der Waals surface area contributed by atoms with Crippen LogP contribution in [-0.4, -0.2) is 88.4 Å². The van der Waals surface area contributed by atoms with Gasteiger partial charge in [0.1, 0.15) is 18.1 Å². The average molecular weight is 546 g/mol. The fourth-order valence-corrected chi connectivity index (χ4v) is 2.98. The van der Waals surface area contributed by atoms with Crippen LogP contribution >= 0.6 is 0 Å². The summed E-state index contributed by atoms with van der Waals surface area (Å²) >= 11 is 0. The van der Waals surface area contributed by atoms with E-state index >= 15 is 0 Å². The summed E-state index contributed by atoms with van der Waals surface area (Å²) in [4.78, 5) is 86.4. The van der Waals surface area contributed by atoms with Gasteiger partial charge >= 0.3 is 11.9 Å². The molecule has 0 bridgehead atoms. The molecule has 5 amide bonds. The Morgan fingerprint density at radius 3 is 1.58 bits per heavy atom. The number of rotatable bonds is 19. The van der Waals surface area contributed by atoms with Gasteiger partial charge in [0.15, 0.2) is 5.96 Å². The molecule has 38 heavy (non-hydrogen) atoms. The van der Waals surface area contributed by atoms with E-state index in [0.29, 0.717) is 0 Å². The number of nitrogens with zero attached hydrogens (tertiary/aromatic N) is 1. The van der Waals surface area contributed by atoms with Crippen LogP contribution in [0.5, 0.6) is 0 Å². The molecule has 0 radical (unpaired) electrons. The number of aliphatic imine (C=N–C) groups is 1. The molecule has 214 valence electrons. The number of primary amides is 2. The standard InChI is InChI=1S/C20H35N9O9/c21-9(8-15(32)33)16(34)27-10(2-1-7-26-20(24)25)17(35)28-11(3-5-13(22)30)18(36)29-12(19(37)38)4-6-14(23)31/h9-12H,1-8,21H2,(H2,22,30)(H2,23,31)(H,27,34)(H,28,35)(H,29,36)(H,32,33)(H,37,38)(H4,24,25,26). The van der Waals surface area contributed by atoms with Gasteiger partial charge in [0.25, 0.3) is 0 Å². The third-order valence-electron chi connectivity index (χ3n) is 4.92. The third-order valence-corrected chi connectivity index (χ3v) is 4.92. The predicted molar refractivity (Wildman–Crippen MR) is 130 cm³/mol. The highest BCUT2D eigenvalue weighted by Gasteiger charge is 2.30. The lowest BCUT2D eigenvalue weighted by molar-refractivity contribution is -0.142. The molecule has 0 aromatic carbocycles. The number of carboxylic acids is 2. The molecule has 0 aliphatic rings. The normalized spacial score (nSPS) is 13.6. The van der Waals surface area contributed by atoms with Crippen molar-refractivity contribution >= 4 is 47.4 Å². The van der Waals surface area contributed by atoms with Gasteiger partial charge in [-0.25, -0.2) is 4.79 Å². The van der Waals surface area contributed by atoms with Crippen molar-refractivity contribution in [2.45, 2.75) is 69.1 Å². The largest absolute Gasteiger partial charge is 0.481 e. The number of hydrogen-bond acceptors (Lipinski definition) is 9. The van der Waals surface area contributed by atoms with Crippen LogP contribution in [0.2, 0.25) is 0 Å². The zero-order valence-corrected chi connectivity index (χ0v) is 20.6. The molecule has 18 heteroatoms. The van der Waals surface area contributed by atoms with E-state index < -0.39 is 72.1 Å². The van der Waals surface area contributed by atoms with Gasteiger partial charge in [0.05, 0.1) is 12.5 Å². The summed E-state index contributed by atoms with van der Waals surface area (Å²) in [6.07, 6.45) is -2.02. The molecule has 4 atom stereocenters. The van der Waals surface area contributed by atoms with Crippen molar-refractivity contribution in [1.29, 1.82) is 0 Å². The Balaban J connectivity index is 5.72. The molecule has 0 saturated carbocycles. The van der Waals surface area contributed by atoms with E-state index in [1.165, 1.54) is 0 Å². The lowest BCUT2D eigenvalue weighted by Gasteiger charge is -2.25. The second-order valence-corrected chi connectivity index (χ2v) is 8.18.